The van der Waals surface area contributed by atoms with Gasteiger partial charge in [-0.1, -0.05) is 0 Å². The summed E-state index contributed by atoms with van der Waals surface area (Å²) >= 11 is 0. The summed E-state index contributed by atoms with van der Waals surface area (Å²) in [7, 11) is 0. The first-order valence-electron chi connectivity index (χ1n) is 7.77. The highest BCUT2D eigenvalue weighted by molar-refractivity contribution is 5.80. The van der Waals surface area contributed by atoms with E-state index in [4.69, 9.17) is 0 Å². The third-order valence-corrected chi connectivity index (χ3v) is 3.92. The van der Waals surface area contributed by atoms with Crippen molar-refractivity contribution in [3.63, 3.8) is 0 Å². The van der Waals surface area contributed by atoms with E-state index >= 15 is 0 Å². The van der Waals surface area contributed by atoms with Crippen LogP contribution in [0.1, 0.15) is 22.4 Å². The molecule has 0 spiro atoms. The van der Waals surface area contributed by atoms with Gasteiger partial charge in [0.25, 0.3) is 0 Å². The maximum atomic E-state index is 12.6. The Balaban J connectivity index is 1.58. The van der Waals surface area contributed by atoms with Crippen molar-refractivity contribution in [2.45, 2.75) is 19.5 Å². The van der Waals surface area contributed by atoms with Crippen molar-refractivity contribution in [1.82, 2.24) is 29.7 Å². The summed E-state index contributed by atoms with van der Waals surface area (Å²) in [6, 6.07) is 2.93. The Labute approximate surface area is 145 Å². The Bertz CT molecular complexity index is 1060. The third-order valence-electron chi connectivity index (χ3n) is 3.92. The number of halogens is 3. The van der Waals surface area contributed by atoms with Gasteiger partial charge in [0.1, 0.15) is 5.65 Å². The van der Waals surface area contributed by atoms with Gasteiger partial charge in [-0.15, -0.1) is 0 Å². The van der Waals surface area contributed by atoms with Crippen molar-refractivity contribution in [2.75, 3.05) is 0 Å². The molecule has 9 heteroatoms. The highest BCUT2D eigenvalue weighted by Gasteiger charge is 2.33. The van der Waals surface area contributed by atoms with Gasteiger partial charge in [0.2, 0.25) is 5.95 Å². The van der Waals surface area contributed by atoms with E-state index in [2.05, 4.69) is 25.0 Å². The first-order valence-corrected chi connectivity index (χ1v) is 7.77. The van der Waals surface area contributed by atoms with Crippen LogP contribution in [-0.4, -0.2) is 29.7 Å². The minimum Gasteiger partial charge on any atom is -0.346 e. The highest BCUT2D eigenvalue weighted by atomic mass is 19.4. The van der Waals surface area contributed by atoms with Crippen molar-refractivity contribution >= 4 is 11.0 Å². The lowest BCUT2D eigenvalue weighted by atomic mass is 10.1. The molecule has 0 aliphatic rings. The fraction of sp³-hybridized carbons (Fsp3) is 0.176. The van der Waals surface area contributed by atoms with Crippen LogP contribution >= 0.6 is 0 Å². The normalized spacial score (nSPS) is 12.0. The van der Waals surface area contributed by atoms with Crippen LogP contribution in [0.2, 0.25) is 0 Å². The quantitative estimate of drug-likeness (QED) is 0.609. The second-order valence-electron chi connectivity index (χ2n) is 5.93. The second kappa shape index (κ2) is 5.94. The number of aromatic amines is 1. The summed E-state index contributed by atoms with van der Waals surface area (Å²) in [6.45, 7) is 1.97. The summed E-state index contributed by atoms with van der Waals surface area (Å²) in [4.78, 5) is 15.7. The minimum atomic E-state index is -4.49. The van der Waals surface area contributed by atoms with Crippen molar-refractivity contribution in [3.05, 3.63) is 65.5 Å². The number of hydrogen-bond donors (Lipinski definition) is 1. The molecule has 0 fully saturated rings. The van der Waals surface area contributed by atoms with Crippen LogP contribution in [0.25, 0.3) is 17.0 Å². The number of aromatic nitrogens is 6. The van der Waals surface area contributed by atoms with E-state index in [1.807, 2.05) is 19.2 Å². The smallest absolute Gasteiger partial charge is 0.346 e. The molecule has 0 saturated carbocycles. The summed E-state index contributed by atoms with van der Waals surface area (Å²) < 4.78 is 38.9. The van der Waals surface area contributed by atoms with Gasteiger partial charge in [-0.2, -0.15) is 18.3 Å². The van der Waals surface area contributed by atoms with E-state index in [-0.39, 0.29) is 5.95 Å². The van der Waals surface area contributed by atoms with E-state index in [0.717, 1.165) is 38.5 Å². The van der Waals surface area contributed by atoms with Gasteiger partial charge >= 0.3 is 6.18 Å². The molecule has 6 nitrogen and oxygen atoms in total. The molecule has 4 heterocycles. The highest BCUT2D eigenvalue weighted by Crippen LogP contribution is 2.27. The van der Waals surface area contributed by atoms with Crippen LogP contribution < -0.4 is 0 Å². The van der Waals surface area contributed by atoms with E-state index in [1.165, 1.54) is 6.20 Å². The molecule has 0 aliphatic carbocycles. The summed E-state index contributed by atoms with van der Waals surface area (Å²) in [5, 5.41) is 4.49. The Hall–Kier alpha value is -3.23. The lowest BCUT2D eigenvalue weighted by Crippen LogP contribution is -2.08. The van der Waals surface area contributed by atoms with Crippen LogP contribution in [0.5, 0.6) is 0 Å². The molecule has 132 valence electrons. The number of H-pyrrole nitrogens is 1. The van der Waals surface area contributed by atoms with Gasteiger partial charge in [0.15, 0.2) is 5.69 Å². The topological polar surface area (TPSA) is 72.3 Å². The van der Waals surface area contributed by atoms with Crippen LogP contribution in [0.3, 0.4) is 0 Å². The molecule has 0 aromatic carbocycles. The molecule has 0 unspecified atom stereocenters. The summed E-state index contributed by atoms with van der Waals surface area (Å²) in [5.41, 5.74) is 2.76. The third kappa shape index (κ3) is 3.03. The lowest BCUT2D eigenvalue weighted by molar-refractivity contribution is -0.141. The molecular weight excluding hydrogens is 345 g/mol. The van der Waals surface area contributed by atoms with Crippen molar-refractivity contribution < 1.29 is 13.2 Å². The molecule has 4 rings (SSSR count). The van der Waals surface area contributed by atoms with Crippen LogP contribution in [0.15, 0.2) is 43.1 Å². The fourth-order valence-electron chi connectivity index (χ4n) is 2.67. The Kier molecular flexibility index (Phi) is 3.71. The molecule has 1 N–H and O–H groups in total. The van der Waals surface area contributed by atoms with Crippen molar-refractivity contribution in [3.8, 4) is 5.95 Å². The number of pyridine rings is 1. The standard InChI is InChI=1S/C17H13F3N6/c1-10-4-13-12(9-22-15(13)21-6-10)5-11-7-23-16(24-8-11)26-3-2-14(25-26)17(18,19)20/h2-4,6-9H,5H2,1H3,(H,21,22). The van der Waals surface area contributed by atoms with Crippen LogP contribution in [-0.2, 0) is 12.6 Å². The zero-order valence-electron chi connectivity index (χ0n) is 13.6. The largest absolute Gasteiger partial charge is 0.435 e. The predicted octanol–water partition coefficient (Wildman–Crippen LogP) is 3.46. The number of alkyl halides is 3. The van der Waals surface area contributed by atoms with Gasteiger partial charge in [0.05, 0.1) is 0 Å². The zero-order chi connectivity index (χ0) is 18.3. The van der Waals surface area contributed by atoms with Gasteiger partial charge in [-0.3, -0.25) is 0 Å². The second-order valence-corrected chi connectivity index (χ2v) is 5.93. The van der Waals surface area contributed by atoms with Gasteiger partial charge in [-0.25, -0.2) is 19.6 Å². The zero-order valence-corrected chi connectivity index (χ0v) is 13.6. The first-order chi connectivity index (χ1) is 12.4. The number of nitrogens with zero attached hydrogens (tertiary/aromatic N) is 5. The SMILES string of the molecule is Cc1cnc2[nH]cc(Cc3cnc(-n4ccc(C(F)(F)F)n4)nc3)c2c1. The number of fused-ring (bicyclic) bond motifs is 1. The lowest BCUT2D eigenvalue weighted by Gasteiger charge is -2.03. The fourth-order valence-corrected chi connectivity index (χ4v) is 2.67. The number of nitrogens with one attached hydrogen (secondary N) is 1. The monoisotopic (exact) mass is 358 g/mol. The van der Waals surface area contributed by atoms with Gasteiger partial charge in [-0.05, 0) is 35.7 Å². The van der Waals surface area contributed by atoms with Crippen molar-refractivity contribution in [2.24, 2.45) is 0 Å². The molecule has 0 amide bonds. The van der Waals surface area contributed by atoms with Crippen molar-refractivity contribution in [1.29, 1.82) is 0 Å². The Morgan fingerprint density at radius 1 is 1.12 bits per heavy atom. The van der Waals surface area contributed by atoms with E-state index in [0.29, 0.717) is 6.42 Å². The van der Waals surface area contributed by atoms with E-state index in [9.17, 15) is 13.2 Å². The number of hydrogen-bond acceptors (Lipinski definition) is 4. The molecular formula is C17H13F3N6. The minimum absolute atomic E-state index is 0.0840. The maximum absolute atomic E-state index is 12.6. The summed E-state index contributed by atoms with van der Waals surface area (Å²) in [5.74, 6) is 0.0840. The molecule has 26 heavy (non-hydrogen) atoms. The molecule has 0 radical (unpaired) electrons. The Morgan fingerprint density at radius 3 is 2.58 bits per heavy atom. The van der Waals surface area contributed by atoms with Gasteiger partial charge < -0.3 is 4.98 Å². The first kappa shape index (κ1) is 16.2. The maximum Gasteiger partial charge on any atom is 0.435 e. The number of rotatable bonds is 3. The molecule has 0 saturated heterocycles. The number of aryl methyl sites for hydroxylation is 1. The van der Waals surface area contributed by atoms with Crippen LogP contribution in [0, 0.1) is 6.92 Å². The molecule has 4 aromatic rings. The van der Waals surface area contributed by atoms with Gasteiger partial charge in [0, 0.05) is 42.8 Å². The molecule has 4 aromatic heterocycles. The van der Waals surface area contributed by atoms with E-state index < -0.39 is 11.9 Å². The van der Waals surface area contributed by atoms with Crippen LogP contribution in [0.4, 0.5) is 13.2 Å². The predicted molar refractivity (Wildman–Crippen MR) is 87.8 cm³/mol. The molecule has 0 aliphatic heterocycles. The average molecular weight is 358 g/mol. The molecule has 0 atom stereocenters. The Morgan fingerprint density at radius 2 is 1.88 bits per heavy atom. The molecule has 0 bridgehead atoms. The summed E-state index contributed by atoms with van der Waals surface area (Å²) in [6.07, 6.45) is 4.11. The van der Waals surface area contributed by atoms with E-state index in [1.54, 1.807) is 18.6 Å². The average Bonchev–Trinajstić information content (AvgIpc) is 3.23.